The number of carbonyl (C=O) groups is 1. The number of ether oxygens (including phenoxy) is 3. The molecule has 0 saturated heterocycles. The summed E-state index contributed by atoms with van der Waals surface area (Å²) in [4.78, 5) is 12.8. The van der Waals surface area contributed by atoms with Crippen LogP contribution in [0, 0.1) is 0 Å². The lowest BCUT2D eigenvalue weighted by Crippen LogP contribution is -2.28. The van der Waals surface area contributed by atoms with Crippen molar-refractivity contribution in [2.75, 3.05) is 34.9 Å². The van der Waals surface area contributed by atoms with Crippen LogP contribution in [0.5, 0.6) is 11.5 Å². The Labute approximate surface area is 107 Å². The lowest BCUT2D eigenvalue weighted by Gasteiger charge is -2.16. The lowest BCUT2D eigenvalue weighted by atomic mass is 10.1. The molecule has 0 atom stereocenters. The van der Waals surface area contributed by atoms with Gasteiger partial charge in [-0.1, -0.05) is 6.07 Å². The first-order chi connectivity index (χ1) is 8.62. The van der Waals surface area contributed by atoms with E-state index in [2.05, 4.69) is 4.74 Å². The summed E-state index contributed by atoms with van der Waals surface area (Å²) < 4.78 is 15.0. The number of rotatable bonds is 5. The smallest absolute Gasteiger partial charge is 0.409 e. The maximum atomic E-state index is 11.2. The van der Waals surface area contributed by atoms with E-state index in [4.69, 9.17) is 9.47 Å². The molecule has 1 amide bonds. The normalized spacial score (nSPS) is 9.78. The summed E-state index contributed by atoms with van der Waals surface area (Å²) >= 11 is 0. The Morgan fingerprint density at radius 3 is 2.50 bits per heavy atom. The van der Waals surface area contributed by atoms with Crippen molar-refractivity contribution < 1.29 is 19.0 Å². The fourth-order valence-electron chi connectivity index (χ4n) is 1.59. The van der Waals surface area contributed by atoms with E-state index in [0.717, 1.165) is 17.1 Å². The van der Waals surface area contributed by atoms with Crippen molar-refractivity contribution in [1.29, 1.82) is 0 Å². The third-order valence-corrected chi connectivity index (χ3v) is 2.70. The topological polar surface area (TPSA) is 48.0 Å². The van der Waals surface area contributed by atoms with Gasteiger partial charge in [-0.3, -0.25) is 0 Å². The standard InChI is InChI=1S/C13H19NO4/c1-14(13(15)18-4)8-7-10-5-6-11(16-2)9-12(10)17-3/h5-6,9H,7-8H2,1-4H3. The number of hydrogen-bond acceptors (Lipinski definition) is 4. The molecule has 5 heteroatoms. The van der Waals surface area contributed by atoms with Crippen molar-refractivity contribution in [2.24, 2.45) is 0 Å². The Hall–Kier alpha value is -1.91. The van der Waals surface area contributed by atoms with Crippen molar-refractivity contribution in [2.45, 2.75) is 6.42 Å². The highest BCUT2D eigenvalue weighted by Gasteiger charge is 2.10. The minimum absolute atomic E-state index is 0.345. The maximum absolute atomic E-state index is 11.2. The highest BCUT2D eigenvalue weighted by molar-refractivity contribution is 5.66. The van der Waals surface area contributed by atoms with Crippen LogP contribution in [0.3, 0.4) is 0 Å². The lowest BCUT2D eigenvalue weighted by molar-refractivity contribution is 0.134. The first-order valence-electron chi connectivity index (χ1n) is 5.62. The fraction of sp³-hybridized carbons (Fsp3) is 0.462. The van der Waals surface area contributed by atoms with Crippen LogP contribution in [0.1, 0.15) is 5.56 Å². The third kappa shape index (κ3) is 3.55. The van der Waals surface area contributed by atoms with Crippen LogP contribution >= 0.6 is 0 Å². The Kier molecular flexibility index (Phi) is 5.30. The Balaban J connectivity index is 2.69. The molecule has 0 fully saturated rings. The minimum atomic E-state index is -0.345. The first kappa shape index (κ1) is 14.2. The largest absolute Gasteiger partial charge is 0.497 e. The Morgan fingerprint density at radius 2 is 1.94 bits per heavy atom. The average Bonchev–Trinajstić information content (AvgIpc) is 2.43. The van der Waals surface area contributed by atoms with Crippen LogP contribution in [0.2, 0.25) is 0 Å². The zero-order chi connectivity index (χ0) is 13.5. The quantitative estimate of drug-likeness (QED) is 0.804. The molecule has 0 aliphatic carbocycles. The average molecular weight is 253 g/mol. The molecule has 0 saturated carbocycles. The number of carbonyl (C=O) groups excluding carboxylic acids is 1. The molecule has 100 valence electrons. The predicted molar refractivity (Wildman–Crippen MR) is 68.3 cm³/mol. The van der Waals surface area contributed by atoms with Gasteiger partial charge < -0.3 is 19.1 Å². The van der Waals surface area contributed by atoms with Crippen LogP contribution in [-0.2, 0) is 11.2 Å². The summed E-state index contributed by atoms with van der Waals surface area (Å²) in [5.74, 6) is 1.50. The van der Waals surface area contributed by atoms with Gasteiger partial charge in [-0.15, -0.1) is 0 Å². The van der Waals surface area contributed by atoms with E-state index in [1.54, 1.807) is 21.3 Å². The number of benzene rings is 1. The summed E-state index contributed by atoms with van der Waals surface area (Å²) in [6, 6.07) is 5.63. The van der Waals surface area contributed by atoms with E-state index in [-0.39, 0.29) is 6.09 Å². The second-order valence-corrected chi connectivity index (χ2v) is 3.82. The zero-order valence-electron chi connectivity index (χ0n) is 11.2. The SMILES string of the molecule is COC(=O)N(C)CCc1ccc(OC)cc1OC. The summed E-state index contributed by atoms with van der Waals surface area (Å²) in [5.41, 5.74) is 1.02. The fourth-order valence-corrected chi connectivity index (χ4v) is 1.59. The van der Waals surface area contributed by atoms with Gasteiger partial charge in [-0.25, -0.2) is 4.79 Å². The van der Waals surface area contributed by atoms with Gasteiger partial charge in [0.2, 0.25) is 0 Å². The minimum Gasteiger partial charge on any atom is -0.497 e. The number of hydrogen-bond donors (Lipinski definition) is 0. The highest BCUT2D eigenvalue weighted by atomic mass is 16.5. The molecule has 0 N–H and O–H groups in total. The summed E-state index contributed by atoms with van der Waals surface area (Å²) in [7, 11) is 6.29. The maximum Gasteiger partial charge on any atom is 0.409 e. The molecular weight excluding hydrogens is 234 g/mol. The van der Waals surface area contributed by atoms with E-state index < -0.39 is 0 Å². The summed E-state index contributed by atoms with van der Waals surface area (Å²) in [6.45, 7) is 0.565. The van der Waals surface area contributed by atoms with Gasteiger partial charge in [0.1, 0.15) is 11.5 Å². The second kappa shape index (κ2) is 6.74. The molecule has 5 nitrogen and oxygen atoms in total. The Morgan fingerprint density at radius 1 is 1.22 bits per heavy atom. The van der Waals surface area contributed by atoms with Crippen LogP contribution in [0.25, 0.3) is 0 Å². The predicted octanol–water partition coefficient (Wildman–Crippen LogP) is 1.94. The van der Waals surface area contributed by atoms with E-state index in [1.807, 2.05) is 18.2 Å². The first-order valence-corrected chi connectivity index (χ1v) is 5.62. The molecule has 0 bridgehead atoms. The molecule has 1 aromatic rings. The summed E-state index contributed by atoms with van der Waals surface area (Å²) in [6.07, 6.45) is 0.348. The number of likely N-dealkylation sites (N-methyl/N-ethyl adjacent to an activating group) is 1. The van der Waals surface area contributed by atoms with E-state index in [1.165, 1.54) is 12.0 Å². The van der Waals surface area contributed by atoms with Crippen molar-refractivity contribution in [3.05, 3.63) is 23.8 Å². The number of methoxy groups -OCH3 is 3. The van der Waals surface area contributed by atoms with Crippen molar-refractivity contribution >= 4 is 6.09 Å². The Bertz CT molecular complexity index is 406. The van der Waals surface area contributed by atoms with Crippen molar-refractivity contribution in [1.82, 2.24) is 4.90 Å². The van der Waals surface area contributed by atoms with Crippen LogP contribution in [-0.4, -0.2) is 45.9 Å². The molecular formula is C13H19NO4. The molecule has 0 aliphatic rings. The molecule has 0 unspecified atom stereocenters. The monoisotopic (exact) mass is 253 g/mol. The molecule has 18 heavy (non-hydrogen) atoms. The number of nitrogens with zero attached hydrogens (tertiary/aromatic N) is 1. The van der Waals surface area contributed by atoms with Crippen molar-refractivity contribution in [3.8, 4) is 11.5 Å². The highest BCUT2D eigenvalue weighted by Crippen LogP contribution is 2.24. The molecule has 0 radical (unpaired) electrons. The van der Waals surface area contributed by atoms with Crippen molar-refractivity contribution in [3.63, 3.8) is 0 Å². The molecule has 0 heterocycles. The van der Waals surface area contributed by atoms with Gasteiger partial charge in [-0.05, 0) is 18.1 Å². The molecule has 1 aromatic carbocycles. The van der Waals surface area contributed by atoms with E-state index >= 15 is 0 Å². The van der Waals surface area contributed by atoms with Gasteiger partial charge in [0.05, 0.1) is 21.3 Å². The number of amides is 1. The van der Waals surface area contributed by atoms with Gasteiger partial charge >= 0.3 is 6.09 Å². The van der Waals surface area contributed by atoms with Crippen LogP contribution in [0.15, 0.2) is 18.2 Å². The van der Waals surface area contributed by atoms with Gasteiger partial charge in [0, 0.05) is 19.7 Å². The molecule has 1 rings (SSSR count). The molecule has 0 aromatic heterocycles. The van der Waals surface area contributed by atoms with Crippen LogP contribution in [0.4, 0.5) is 4.79 Å². The van der Waals surface area contributed by atoms with E-state index in [9.17, 15) is 4.79 Å². The van der Waals surface area contributed by atoms with Gasteiger partial charge in [-0.2, -0.15) is 0 Å². The molecule has 0 aliphatic heterocycles. The van der Waals surface area contributed by atoms with Gasteiger partial charge in [0.25, 0.3) is 0 Å². The molecule has 0 spiro atoms. The van der Waals surface area contributed by atoms with Gasteiger partial charge in [0.15, 0.2) is 0 Å². The van der Waals surface area contributed by atoms with E-state index in [0.29, 0.717) is 13.0 Å². The second-order valence-electron chi connectivity index (χ2n) is 3.82. The van der Waals surface area contributed by atoms with Crippen LogP contribution < -0.4 is 9.47 Å². The summed E-state index contributed by atoms with van der Waals surface area (Å²) in [5, 5.41) is 0. The zero-order valence-corrected chi connectivity index (χ0v) is 11.2. The third-order valence-electron chi connectivity index (χ3n) is 2.70.